The predicted octanol–water partition coefficient (Wildman–Crippen LogP) is 2.70. The Morgan fingerprint density at radius 2 is 1.89 bits per heavy atom. The molecule has 3 nitrogen and oxygen atoms in total. The normalized spacial score (nSPS) is 22.2. The number of nitrogens with two attached hydrogens (primary N) is 1. The summed E-state index contributed by atoms with van der Waals surface area (Å²) in [7, 11) is 0. The van der Waals surface area contributed by atoms with Crippen LogP contribution < -0.4 is 5.73 Å². The minimum absolute atomic E-state index is 0.145. The van der Waals surface area contributed by atoms with Crippen molar-refractivity contribution in [2.24, 2.45) is 5.73 Å². The Morgan fingerprint density at radius 3 is 2.61 bits per heavy atom. The molecule has 18 heavy (non-hydrogen) atoms. The van der Waals surface area contributed by atoms with E-state index in [1.807, 2.05) is 24.4 Å². The third kappa shape index (κ3) is 1.79. The van der Waals surface area contributed by atoms with E-state index >= 15 is 0 Å². The molecule has 0 saturated heterocycles. The first-order valence-electron chi connectivity index (χ1n) is 6.10. The second kappa shape index (κ2) is 3.75. The maximum atomic E-state index is 13.2. The molecule has 1 saturated carbocycles. The van der Waals surface area contributed by atoms with Gasteiger partial charge >= 0.3 is 0 Å². The van der Waals surface area contributed by atoms with Gasteiger partial charge in [-0.1, -0.05) is 6.07 Å². The number of aromatic nitrogens is 2. The topological polar surface area (TPSA) is 43.3 Å². The minimum Gasteiger partial charge on any atom is -0.321 e. The van der Waals surface area contributed by atoms with Gasteiger partial charge in [0.2, 0.25) is 5.92 Å². The Morgan fingerprint density at radius 1 is 1.17 bits per heavy atom. The van der Waals surface area contributed by atoms with E-state index < -0.39 is 11.5 Å². The molecule has 0 radical (unpaired) electrons. The molecule has 0 aromatic carbocycles. The van der Waals surface area contributed by atoms with Gasteiger partial charge in [0, 0.05) is 30.1 Å². The van der Waals surface area contributed by atoms with Crippen molar-refractivity contribution in [1.29, 1.82) is 0 Å². The zero-order valence-electron chi connectivity index (χ0n) is 9.94. The van der Waals surface area contributed by atoms with Crippen molar-refractivity contribution in [2.45, 2.75) is 37.1 Å². The molecule has 2 aromatic rings. The average molecular weight is 251 g/mol. The zero-order chi connectivity index (χ0) is 12.8. The van der Waals surface area contributed by atoms with Gasteiger partial charge in [0.25, 0.3) is 0 Å². The van der Waals surface area contributed by atoms with E-state index in [9.17, 15) is 8.78 Å². The standard InChI is InChI=1S/C13H15F2N3/c14-13(15)6-4-12(16,5-7-13)10-9-17-18-8-2-1-3-11(10)18/h1-3,8-9H,4-7,16H2. The molecule has 0 aliphatic heterocycles. The third-order valence-corrected chi connectivity index (χ3v) is 3.84. The van der Waals surface area contributed by atoms with Crippen LogP contribution in [-0.4, -0.2) is 15.5 Å². The fraction of sp³-hybridized carbons (Fsp3) is 0.462. The number of halogens is 2. The molecular weight excluding hydrogens is 236 g/mol. The number of hydrogen-bond acceptors (Lipinski definition) is 2. The summed E-state index contributed by atoms with van der Waals surface area (Å²) < 4.78 is 28.2. The molecule has 1 fully saturated rings. The second-order valence-electron chi connectivity index (χ2n) is 5.10. The molecule has 1 aliphatic carbocycles. The van der Waals surface area contributed by atoms with Crippen molar-refractivity contribution >= 4 is 5.52 Å². The Balaban J connectivity index is 1.99. The van der Waals surface area contributed by atoms with Crippen LogP contribution in [0.4, 0.5) is 8.78 Å². The number of fused-ring (bicyclic) bond motifs is 1. The molecule has 5 heteroatoms. The molecule has 1 aliphatic rings. The number of alkyl halides is 2. The van der Waals surface area contributed by atoms with Gasteiger partial charge in [-0.25, -0.2) is 13.3 Å². The molecule has 0 spiro atoms. The van der Waals surface area contributed by atoms with Crippen molar-refractivity contribution in [3.05, 3.63) is 36.2 Å². The molecule has 0 atom stereocenters. The average Bonchev–Trinajstić information content (AvgIpc) is 2.78. The van der Waals surface area contributed by atoms with Gasteiger partial charge in [0.05, 0.1) is 11.7 Å². The number of nitrogens with zero attached hydrogens (tertiary/aromatic N) is 2. The fourth-order valence-corrected chi connectivity index (χ4v) is 2.65. The summed E-state index contributed by atoms with van der Waals surface area (Å²) in [6.07, 6.45) is 3.85. The minimum atomic E-state index is -2.56. The summed E-state index contributed by atoms with van der Waals surface area (Å²) in [4.78, 5) is 0. The summed E-state index contributed by atoms with van der Waals surface area (Å²) in [5.74, 6) is -2.56. The van der Waals surface area contributed by atoms with Crippen LogP contribution in [-0.2, 0) is 5.54 Å². The third-order valence-electron chi connectivity index (χ3n) is 3.84. The van der Waals surface area contributed by atoms with Gasteiger partial charge in [-0.3, -0.25) is 0 Å². The van der Waals surface area contributed by atoms with Gasteiger partial charge in [-0.05, 0) is 25.0 Å². The van der Waals surface area contributed by atoms with Crippen molar-refractivity contribution in [3.8, 4) is 0 Å². The van der Waals surface area contributed by atoms with E-state index in [4.69, 9.17) is 5.73 Å². The summed E-state index contributed by atoms with van der Waals surface area (Å²) in [5.41, 5.74) is 7.43. The molecule has 2 heterocycles. The van der Waals surface area contributed by atoms with E-state index in [-0.39, 0.29) is 12.8 Å². The molecule has 3 rings (SSSR count). The quantitative estimate of drug-likeness (QED) is 0.846. The van der Waals surface area contributed by atoms with Crippen LogP contribution >= 0.6 is 0 Å². The SMILES string of the molecule is NC1(c2cnn3ccccc23)CCC(F)(F)CC1. The molecule has 0 unspecified atom stereocenters. The van der Waals surface area contributed by atoms with Crippen LogP contribution in [0.2, 0.25) is 0 Å². The molecule has 0 bridgehead atoms. The highest BCUT2D eigenvalue weighted by Gasteiger charge is 2.43. The van der Waals surface area contributed by atoms with Crippen LogP contribution in [0, 0.1) is 0 Å². The van der Waals surface area contributed by atoms with E-state index in [1.165, 1.54) is 0 Å². The van der Waals surface area contributed by atoms with Crippen molar-refractivity contribution in [3.63, 3.8) is 0 Å². The fourth-order valence-electron chi connectivity index (χ4n) is 2.65. The number of hydrogen-bond donors (Lipinski definition) is 1. The monoisotopic (exact) mass is 251 g/mol. The summed E-state index contributed by atoms with van der Waals surface area (Å²) in [5, 5.41) is 4.22. The number of pyridine rings is 1. The second-order valence-corrected chi connectivity index (χ2v) is 5.10. The maximum absolute atomic E-state index is 13.2. The lowest BCUT2D eigenvalue weighted by molar-refractivity contribution is -0.0512. The Hall–Kier alpha value is -1.49. The van der Waals surface area contributed by atoms with Crippen LogP contribution in [0.5, 0.6) is 0 Å². The Kier molecular flexibility index (Phi) is 2.41. The first-order valence-corrected chi connectivity index (χ1v) is 6.10. The van der Waals surface area contributed by atoms with E-state index in [2.05, 4.69) is 5.10 Å². The molecule has 2 aromatic heterocycles. The van der Waals surface area contributed by atoms with Crippen LogP contribution in [0.1, 0.15) is 31.2 Å². The highest BCUT2D eigenvalue weighted by molar-refractivity contribution is 5.56. The van der Waals surface area contributed by atoms with Crippen LogP contribution in [0.15, 0.2) is 30.6 Å². The summed E-state index contributed by atoms with van der Waals surface area (Å²) in [6.45, 7) is 0. The highest BCUT2D eigenvalue weighted by Crippen LogP contribution is 2.43. The lowest BCUT2D eigenvalue weighted by Crippen LogP contribution is -2.43. The number of rotatable bonds is 1. The van der Waals surface area contributed by atoms with E-state index in [0.29, 0.717) is 12.8 Å². The summed E-state index contributed by atoms with van der Waals surface area (Å²) >= 11 is 0. The highest BCUT2D eigenvalue weighted by atomic mass is 19.3. The van der Waals surface area contributed by atoms with E-state index in [0.717, 1.165) is 11.1 Å². The zero-order valence-corrected chi connectivity index (χ0v) is 9.94. The summed E-state index contributed by atoms with van der Waals surface area (Å²) in [6, 6.07) is 5.70. The first kappa shape index (κ1) is 11.6. The predicted molar refractivity (Wildman–Crippen MR) is 64.5 cm³/mol. The first-order chi connectivity index (χ1) is 8.50. The van der Waals surface area contributed by atoms with Gasteiger partial charge in [0.15, 0.2) is 0 Å². The van der Waals surface area contributed by atoms with E-state index in [1.54, 1.807) is 10.7 Å². The van der Waals surface area contributed by atoms with Crippen molar-refractivity contribution in [2.75, 3.05) is 0 Å². The maximum Gasteiger partial charge on any atom is 0.248 e. The van der Waals surface area contributed by atoms with Crippen LogP contribution in [0.25, 0.3) is 5.52 Å². The van der Waals surface area contributed by atoms with Gasteiger partial charge < -0.3 is 5.73 Å². The van der Waals surface area contributed by atoms with Crippen molar-refractivity contribution < 1.29 is 8.78 Å². The molecular formula is C13H15F2N3. The van der Waals surface area contributed by atoms with Crippen molar-refractivity contribution in [1.82, 2.24) is 9.61 Å². The van der Waals surface area contributed by atoms with Gasteiger partial charge in [-0.15, -0.1) is 0 Å². The Labute approximate surface area is 104 Å². The lowest BCUT2D eigenvalue weighted by Gasteiger charge is -2.36. The van der Waals surface area contributed by atoms with Crippen LogP contribution in [0.3, 0.4) is 0 Å². The smallest absolute Gasteiger partial charge is 0.248 e. The van der Waals surface area contributed by atoms with Gasteiger partial charge in [0.1, 0.15) is 0 Å². The molecule has 0 amide bonds. The lowest BCUT2D eigenvalue weighted by atomic mass is 9.76. The molecule has 2 N–H and O–H groups in total. The Bertz CT molecular complexity index is 566. The van der Waals surface area contributed by atoms with Gasteiger partial charge in [-0.2, -0.15) is 5.10 Å². The molecule has 96 valence electrons. The largest absolute Gasteiger partial charge is 0.321 e.